The molecule has 4 amide bonds. The lowest BCUT2D eigenvalue weighted by atomic mass is 10.1. The highest BCUT2D eigenvalue weighted by atomic mass is 19.4. The number of hydrogen-bond acceptors (Lipinski definition) is 5. The Hall–Kier alpha value is -4.48. The van der Waals surface area contributed by atoms with Gasteiger partial charge in [0.2, 0.25) is 0 Å². The van der Waals surface area contributed by atoms with Gasteiger partial charge in [-0.2, -0.15) is 13.2 Å². The average molecular weight is 572 g/mol. The topological polar surface area (TPSA) is 98.1 Å². The summed E-state index contributed by atoms with van der Waals surface area (Å²) in [7, 11) is 0. The van der Waals surface area contributed by atoms with Gasteiger partial charge in [-0.05, 0) is 68.8 Å². The van der Waals surface area contributed by atoms with E-state index < -0.39 is 23.7 Å². The number of urea groups is 1. The minimum absolute atomic E-state index is 0.0604. The number of alkyl halides is 3. The van der Waals surface area contributed by atoms with E-state index in [4.69, 9.17) is 4.42 Å². The molecule has 2 heterocycles. The van der Waals surface area contributed by atoms with Crippen molar-refractivity contribution in [1.82, 2.24) is 9.80 Å². The molecule has 0 saturated carbocycles. The van der Waals surface area contributed by atoms with Crippen LogP contribution in [0.2, 0.25) is 0 Å². The fourth-order valence-corrected chi connectivity index (χ4v) is 4.68. The first-order valence-corrected chi connectivity index (χ1v) is 13.4. The molecule has 0 aliphatic carbocycles. The number of benzene rings is 2. The summed E-state index contributed by atoms with van der Waals surface area (Å²) in [4.78, 5) is 44.2. The van der Waals surface area contributed by atoms with Gasteiger partial charge in [0.1, 0.15) is 0 Å². The molecule has 41 heavy (non-hydrogen) atoms. The Morgan fingerprint density at radius 1 is 0.902 bits per heavy atom. The number of anilines is 3. The number of nitrogens with zero attached hydrogens (tertiary/aromatic N) is 3. The summed E-state index contributed by atoms with van der Waals surface area (Å²) in [5, 5.41) is 5.33. The Morgan fingerprint density at radius 3 is 2.34 bits per heavy atom. The average Bonchev–Trinajstić information content (AvgIpc) is 3.38. The van der Waals surface area contributed by atoms with Crippen molar-refractivity contribution in [2.45, 2.75) is 26.4 Å². The molecule has 0 atom stereocenters. The summed E-state index contributed by atoms with van der Waals surface area (Å²) in [6.45, 7) is 6.39. The first-order chi connectivity index (χ1) is 19.6. The molecule has 1 aliphatic rings. The normalized spacial score (nSPS) is 13.9. The van der Waals surface area contributed by atoms with Gasteiger partial charge in [-0.15, -0.1) is 0 Å². The zero-order chi connectivity index (χ0) is 29.6. The Labute approximate surface area is 235 Å². The van der Waals surface area contributed by atoms with Gasteiger partial charge in [-0.1, -0.05) is 6.07 Å². The van der Waals surface area contributed by atoms with Crippen LogP contribution in [0.1, 0.15) is 46.7 Å². The molecular formula is C29H32F3N5O4. The van der Waals surface area contributed by atoms with Gasteiger partial charge in [-0.3, -0.25) is 9.59 Å². The summed E-state index contributed by atoms with van der Waals surface area (Å²) < 4.78 is 44.4. The molecule has 4 rings (SSSR count). The van der Waals surface area contributed by atoms with E-state index >= 15 is 0 Å². The number of rotatable bonds is 7. The molecule has 2 N–H and O–H groups in total. The lowest BCUT2D eigenvalue weighted by Crippen LogP contribution is -2.38. The van der Waals surface area contributed by atoms with E-state index in [1.165, 1.54) is 24.5 Å². The van der Waals surface area contributed by atoms with Gasteiger partial charge < -0.3 is 29.8 Å². The lowest BCUT2D eigenvalue weighted by Gasteiger charge is -2.28. The molecule has 0 radical (unpaired) electrons. The fraction of sp³-hybridized carbons (Fsp3) is 0.345. The predicted octanol–water partition coefficient (Wildman–Crippen LogP) is 5.78. The van der Waals surface area contributed by atoms with Gasteiger partial charge in [0.15, 0.2) is 5.76 Å². The van der Waals surface area contributed by atoms with Crippen molar-refractivity contribution in [3.05, 3.63) is 77.7 Å². The van der Waals surface area contributed by atoms with Crippen molar-refractivity contribution in [2.75, 3.05) is 54.8 Å². The summed E-state index contributed by atoms with van der Waals surface area (Å²) >= 11 is 0. The maximum Gasteiger partial charge on any atom is 0.416 e. The molecule has 3 aromatic rings. The van der Waals surface area contributed by atoms with E-state index in [1.54, 1.807) is 34.1 Å². The van der Waals surface area contributed by atoms with Gasteiger partial charge >= 0.3 is 12.2 Å². The van der Waals surface area contributed by atoms with Gasteiger partial charge in [0.25, 0.3) is 11.8 Å². The van der Waals surface area contributed by atoms with Crippen LogP contribution in [-0.4, -0.2) is 66.9 Å². The zero-order valence-electron chi connectivity index (χ0n) is 22.8. The van der Waals surface area contributed by atoms with E-state index in [0.717, 1.165) is 12.1 Å². The van der Waals surface area contributed by atoms with Crippen molar-refractivity contribution >= 4 is 34.9 Å². The number of amides is 4. The highest BCUT2D eigenvalue weighted by Gasteiger charge is 2.31. The standard InChI is InChI=1S/C29H32F3N5O4/c1-3-35(4-2)27(39)23-19-22(33-26(38)25-10-6-17-41-25)11-12-24(23)36-13-7-14-37(16-15-36)28(40)34-21-9-5-8-20(18-21)29(30,31)32/h5-6,8-12,17-19H,3-4,7,13-16H2,1-2H3,(H,33,38)(H,34,40). The number of furan rings is 1. The van der Waals surface area contributed by atoms with Crippen LogP contribution in [0.4, 0.5) is 35.0 Å². The second kappa shape index (κ2) is 12.8. The predicted molar refractivity (Wildman–Crippen MR) is 149 cm³/mol. The maximum absolute atomic E-state index is 13.5. The summed E-state index contributed by atoms with van der Waals surface area (Å²) in [5.41, 5.74) is 0.727. The minimum atomic E-state index is -4.51. The third-order valence-corrected chi connectivity index (χ3v) is 6.85. The van der Waals surface area contributed by atoms with E-state index in [2.05, 4.69) is 10.6 Å². The highest BCUT2D eigenvalue weighted by molar-refractivity contribution is 6.05. The number of carbonyl (C=O) groups is 3. The highest BCUT2D eigenvalue weighted by Crippen LogP contribution is 2.31. The number of carbonyl (C=O) groups excluding carboxylic acids is 3. The van der Waals surface area contributed by atoms with Crippen LogP contribution < -0.4 is 15.5 Å². The summed E-state index contributed by atoms with van der Waals surface area (Å²) in [5.74, 6) is -0.495. The van der Waals surface area contributed by atoms with E-state index in [0.29, 0.717) is 62.6 Å². The van der Waals surface area contributed by atoms with Crippen molar-refractivity contribution in [3.63, 3.8) is 0 Å². The lowest BCUT2D eigenvalue weighted by molar-refractivity contribution is -0.137. The first-order valence-electron chi connectivity index (χ1n) is 13.4. The monoisotopic (exact) mass is 571 g/mol. The van der Waals surface area contributed by atoms with Crippen LogP contribution >= 0.6 is 0 Å². The maximum atomic E-state index is 13.5. The van der Waals surface area contributed by atoms with Crippen LogP contribution in [0.3, 0.4) is 0 Å². The number of nitrogens with one attached hydrogen (secondary N) is 2. The fourth-order valence-electron chi connectivity index (χ4n) is 4.68. The molecule has 218 valence electrons. The Bertz CT molecular complexity index is 1370. The number of halogens is 3. The molecule has 9 nitrogen and oxygen atoms in total. The van der Waals surface area contributed by atoms with Crippen LogP contribution in [0.15, 0.2) is 65.3 Å². The quantitative estimate of drug-likeness (QED) is 0.375. The van der Waals surface area contributed by atoms with Crippen LogP contribution in [0, 0.1) is 0 Å². The Kier molecular flexibility index (Phi) is 9.21. The molecule has 0 bridgehead atoms. The van der Waals surface area contributed by atoms with E-state index in [-0.39, 0.29) is 17.4 Å². The molecule has 1 aliphatic heterocycles. The van der Waals surface area contributed by atoms with Crippen molar-refractivity contribution in [3.8, 4) is 0 Å². The molecule has 1 saturated heterocycles. The van der Waals surface area contributed by atoms with Crippen LogP contribution in [0.5, 0.6) is 0 Å². The summed E-state index contributed by atoms with van der Waals surface area (Å²) in [6.07, 6.45) is -2.54. The first kappa shape index (κ1) is 29.5. The molecule has 12 heteroatoms. The summed E-state index contributed by atoms with van der Waals surface area (Å²) in [6, 6.07) is 12.3. The van der Waals surface area contributed by atoms with Crippen molar-refractivity contribution in [2.24, 2.45) is 0 Å². The third kappa shape index (κ3) is 7.19. The van der Waals surface area contributed by atoms with Crippen LogP contribution in [-0.2, 0) is 6.18 Å². The van der Waals surface area contributed by atoms with Gasteiger partial charge in [0, 0.05) is 56.3 Å². The smallest absolute Gasteiger partial charge is 0.416 e. The molecule has 0 unspecified atom stereocenters. The molecule has 0 spiro atoms. The molecule has 1 fully saturated rings. The third-order valence-electron chi connectivity index (χ3n) is 6.85. The van der Waals surface area contributed by atoms with E-state index in [9.17, 15) is 27.6 Å². The minimum Gasteiger partial charge on any atom is -0.459 e. The van der Waals surface area contributed by atoms with Gasteiger partial charge in [-0.25, -0.2) is 4.79 Å². The number of hydrogen-bond donors (Lipinski definition) is 2. The second-order valence-electron chi connectivity index (χ2n) is 9.48. The largest absolute Gasteiger partial charge is 0.459 e. The molecule has 2 aromatic carbocycles. The SMILES string of the molecule is CCN(CC)C(=O)c1cc(NC(=O)c2ccco2)ccc1N1CCCN(C(=O)Nc2cccc(C(F)(F)F)c2)CC1. The van der Waals surface area contributed by atoms with Crippen molar-refractivity contribution in [1.29, 1.82) is 0 Å². The Balaban J connectivity index is 1.51. The van der Waals surface area contributed by atoms with Crippen molar-refractivity contribution < 1.29 is 32.0 Å². The molecule has 1 aromatic heterocycles. The van der Waals surface area contributed by atoms with E-state index in [1.807, 2.05) is 18.7 Å². The second-order valence-corrected chi connectivity index (χ2v) is 9.48. The Morgan fingerprint density at radius 2 is 1.66 bits per heavy atom. The van der Waals surface area contributed by atoms with Gasteiger partial charge in [0.05, 0.1) is 17.4 Å². The molecular weight excluding hydrogens is 539 g/mol. The van der Waals surface area contributed by atoms with Crippen LogP contribution in [0.25, 0.3) is 0 Å². The zero-order valence-corrected chi connectivity index (χ0v) is 22.8.